The summed E-state index contributed by atoms with van der Waals surface area (Å²) in [4.78, 5) is 36.3. The number of aryl methyl sites for hydroxylation is 1. The van der Waals surface area contributed by atoms with E-state index in [0.717, 1.165) is 18.4 Å². The maximum atomic E-state index is 12.5. The fourth-order valence-corrected chi connectivity index (χ4v) is 2.82. The van der Waals surface area contributed by atoms with Crippen LogP contribution in [0.5, 0.6) is 0 Å². The molecule has 0 fully saturated rings. The Bertz CT molecular complexity index is 811. The maximum Gasteiger partial charge on any atom is 0.355 e. The minimum atomic E-state index is -0.948. The molecule has 0 aliphatic rings. The number of ketones is 1. The number of aromatic nitrogens is 1. The lowest BCUT2D eigenvalue weighted by atomic mass is 10.0. The zero-order valence-corrected chi connectivity index (χ0v) is 16.2. The number of hydrogen-bond acceptors (Lipinski definition) is 4. The van der Waals surface area contributed by atoms with Crippen molar-refractivity contribution in [3.05, 3.63) is 59.4 Å². The third-order valence-corrected chi connectivity index (χ3v) is 4.37. The van der Waals surface area contributed by atoms with Gasteiger partial charge in [0, 0.05) is 18.8 Å². The van der Waals surface area contributed by atoms with Gasteiger partial charge >= 0.3 is 5.97 Å². The van der Waals surface area contributed by atoms with Crippen molar-refractivity contribution < 1.29 is 19.1 Å². The SMILES string of the molecule is CCC[C@H](NC(=O)[C@@H](C)OC(=O)c1cc(C(C)=O)cn1C)c1ccccc1. The van der Waals surface area contributed by atoms with E-state index in [1.165, 1.54) is 24.5 Å². The lowest BCUT2D eigenvalue weighted by Crippen LogP contribution is -2.38. The van der Waals surface area contributed by atoms with E-state index in [-0.39, 0.29) is 23.4 Å². The molecule has 1 amide bonds. The Kier molecular flexibility index (Phi) is 6.93. The Morgan fingerprint density at radius 3 is 2.41 bits per heavy atom. The monoisotopic (exact) mass is 370 g/mol. The van der Waals surface area contributed by atoms with Crippen LogP contribution in [0.3, 0.4) is 0 Å². The molecule has 27 heavy (non-hydrogen) atoms. The summed E-state index contributed by atoms with van der Waals surface area (Å²) in [5.41, 5.74) is 1.67. The molecule has 0 spiro atoms. The van der Waals surface area contributed by atoms with Gasteiger partial charge in [-0.1, -0.05) is 43.7 Å². The molecule has 1 N–H and O–H groups in total. The van der Waals surface area contributed by atoms with Crippen LogP contribution in [0.25, 0.3) is 0 Å². The molecular weight excluding hydrogens is 344 g/mol. The lowest BCUT2D eigenvalue weighted by molar-refractivity contribution is -0.130. The number of Topliss-reactive ketones (excluding diaryl/α,β-unsaturated/α-hetero) is 1. The summed E-state index contributed by atoms with van der Waals surface area (Å²) in [5, 5.41) is 2.95. The average molecular weight is 370 g/mol. The van der Waals surface area contributed by atoms with E-state index < -0.39 is 12.1 Å². The van der Waals surface area contributed by atoms with E-state index in [9.17, 15) is 14.4 Å². The topological polar surface area (TPSA) is 77.4 Å². The molecule has 0 aliphatic heterocycles. The van der Waals surface area contributed by atoms with Gasteiger partial charge in [-0.2, -0.15) is 0 Å². The normalized spacial score (nSPS) is 12.9. The molecule has 144 valence electrons. The van der Waals surface area contributed by atoms with Gasteiger partial charge in [-0.15, -0.1) is 0 Å². The third kappa shape index (κ3) is 5.29. The molecule has 2 aromatic rings. The smallest absolute Gasteiger partial charge is 0.355 e. The number of ether oxygens (including phenoxy) is 1. The fourth-order valence-electron chi connectivity index (χ4n) is 2.82. The molecule has 0 saturated carbocycles. The molecule has 2 rings (SSSR count). The summed E-state index contributed by atoms with van der Waals surface area (Å²) in [5.74, 6) is -1.13. The van der Waals surface area contributed by atoms with Crippen LogP contribution in [-0.2, 0) is 16.6 Å². The van der Waals surface area contributed by atoms with Crippen LogP contribution < -0.4 is 5.32 Å². The van der Waals surface area contributed by atoms with Crippen molar-refractivity contribution in [2.45, 2.75) is 45.8 Å². The van der Waals surface area contributed by atoms with Gasteiger partial charge in [0.05, 0.1) is 6.04 Å². The summed E-state index contributed by atoms with van der Waals surface area (Å²) in [6.45, 7) is 5.02. The Morgan fingerprint density at radius 2 is 1.85 bits per heavy atom. The maximum absolute atomic E-state index is 12.5. The van der Waals surface area contributed by atoms with Crippen LogP contribution in [0.1, 0.15) is 66.1 Å². The van der Waals surface area contributed by atoms with Crippen molar-refractivity contribution in [3.8, 4) is 0 Å². The van der Waals surface area contributed by atoms with Crippen molar-refractivity contribution in [1.82, 2.24) is 9.88 Å². The van der Waals surface area contributed by atoms with Gasteiger partial charge < -0.3 is 14.6 Å². The number of hydrogen-bond donors (Lipinski definition) is 1. The van der Waals surface area contributed by atoms with Gasteiger partial charge in [0.1, 0.15) is 5.69 Å². The van der Waals surface area contributed by atoms with E-state index in [0.29, 0.717) is 5.56 Å². The van der Waals surface area contributed by atoms with Crippen molar-refractivity contribution in [1.29, 1.82) is 0 Å². The first-order chi connectivity index (χ1) is 12.8. The summed E-state index contributed by atoms with van der Waals surface area (Å²) in [7, 11) is 1.65. The number of esters is 1. The van der Waals surface area contributed by atoms with Gasteiger partial charge in [-0.3, -0.25) is 9.59 Å². The number of rotatable bonds is 8. The predicted molar refractivity (Wildman–Crippen MR) is 103 cm³/mol. The van der Waals surface area contributed by atoms with Crippen LogP contribution >= 0.6 is 0 Å². The number of carbonyl (C=O) groups is 3. The summed E-state index contributed by atoms with van der Waals surface area (Å²) in [6.07, 6.45) is 2.31. The van der Waals surface area contributed by atoms with E-state index in [1.54, 1.807) is 13.2 Å². The molecule has 6 nitrogen and oxygen atoms in total. The van der Waals surface area contributed by atoms with E-state index >= 15 is 0 Å². The third-order valence-electron chi connectivity index (χ3n) is 4.37. The van der Waals surface area contributed by atoms with E-state index in [1.807, 2.05) is 37.3 Å². The van der Waals surface area contributed by atoms with Crippen LogP contribution in [0, 0.1) is 0 Å². The van der Waals surface area contributed by atoms with Crippen molar-refractivity contribution >= 4 is 17.7 Å². The minimum Gasteiger partial charge on any atom is -0.448 e. The first kappa shape index (κ1) is 20.4. The average Bonchev–Trinajstić information content (AvgIpc) is 3.04. The van der Waals surface area contributed by atoms with Crippen LogP contribution in [0.2, 0.25) is 0 Å². The highest BCUT2D eigenvalue weighted by atomic mass is 16.5. The van der Waals surface area contributed by atoms with E-state index in [2.05, 4.69) is 5.32 Å². The largest absolute Gasteiger partial charge is 0.448 e. The Hall–Kier alpha value is -2.89. The van der Waals surface area contributed by atoms with Crippen molar-refractivity contribution in [2.24, 2.45) is 7.05 Å². The van der Waals surface area contributed by atoms with Crippen LogP contribution in [-0.4, -0.2) is 28.3 Å². The summed E-state index contributed by atoms with van der Waals surface area (Å²) < 4.78 is 6.83. The second kappa shape index (κ2) is 9.16. The van der Waals surface area contributed by atoms with Crippen molar-refractivity contribution in [3.63, 3.8) is 0 Å². The first-order valence-electron chi connectivity index (χ1n) is 9.07. The van der Waals surface area contributed by atoms with Gasteiger partial charge in [-0.05, 0) is 31.9 Å². The molecule has 1 heterocycles. The van der Waals surface area contributed by atoms with Gasteiger partial charge in [-0.25, -0.2) is 4.79 Å². The Morgan fingerprint density at radius 1 is 1.19 bits per heavy atom. The molecule has 1 aromatic heterocycles. The van der Waals surface area contributed by atoms with E-state index in [4.69, 9.17) is 4.74 Å². The van der Waals surface area contributed by atoms with Gasteiger partial charge in [0.15, 0.2) is 11.9 Å². The first-order valence-corrected chi connectivity index (χ1v) is 9.07. The molecule has 2 atom stereocenters. The number of nitrogens with one attached hydrogen (secondary N) is 1. The second-order valence-corrected chi connectivity index (χ2v) is 6.59. The molecule has 6 heteroatoms. The highest BCUT2D eigenvalue weighted by molar-refractivity contribution is 5.98. The van der Waals surface area contributed by atoms with Crippen LogP contribution in [0.15, 0.2) is 42.6 Å². The van der Waals surface area contributed by atoms with Crippen molar-refractivity contribution in [2.75, 3.05) is 0 Å². The Labute approximate surface area is 159 Å². The molecule has 1 aromatic carbocycles. The fraction of sp³-hybridized carbons (Fsp3) is 0.381. The quantitative estimate of drug-likeness (QED) is 0.570. The van der Waals surface area contributed by atoms with Gasteiger partial charge in [0.2, 0.25) is 0 Å². The second-order valence-electron chi connectivity index (χ2n) is 6.59. The number of nitrogens with zero attached hydrogens (tertiary/aromatic N) is 1. The predicted octanol–water partition coefficient (Wildman–Crippen LogP) is 3.43. The standard InChI is InChI=1S/C21H26N2O4/c1-5-9-18(16-10-7-6-8-11-16)22-20(25)15(3)27-21(26)19-12-17(14(2)24)13-23(19)4/h6-8,10-13,15,18H,5,9H2,1-4H3,(H,22,25)/t15-,18+/m1/s1. The minimum absolute atomic E-state index is 0.135. The highest BCUT2D eigenvalue weighted by Crippen LogP contribution is 2.18. The molecular formula is C21H26N2O4. The molecule has 0 radical (unpaired) electrons. The Balaban J connectivity index is 2.03. The zero-order valence-electron chi connectivity index (χ0n) is 16.2. The number of benzene rings is 1. The molecule has 0 aliphatic carbocycles. The zero-order chi connectivity index (χ0) is 20.0. The highest BCUT2D eigenvalue weighted by Gasteiger charge is 2.24. The number of carbonyl (C=O) groups excluding carboxylic acids is 3. The van der Waals surface area contributed by atoms with Gasteiger partial charge in [0.25, 0.3) is 5.91 Å². The summed E-state index contributed by atoms with van der Waals surface area (Å²) >= 11 is 0. The number of amides is 1. The van der Waals surface area contributed by atoms with Crippen LogP contribution in [0.4, 0.5) is 0 Å². The molecule has 0 bridgehead atoms. The molecule has 0 unspecified atom stereocenters. The molecule has 0 saturated heterocycles. The summed E-state index contributed by atoms with van der Waals surface area (Å²) in [6, 6.07) is 11.0. The lowest BCUT2D eigenvalue weighted by Gasteiger charge is -2.21.